The molecule has 2 heterocycles. The summed E-state index contributed by atoms with van der Waals surface area (Å²) < 4.78 is 27.1. The van der Waals surface area contributed by atoms with Gasteiger partial charge in [0.15, 0.2) is 23.0 Å². The number of benzene rings is 3. The number of amides is 1. The van der Waals surface area contributed by atoms with Crippen LogP contribution in [0.4, 0.5) is 0 Å². The third-order valence-corrected chi connectivity index (χ3v) is 4.87. The standard InChI is InChI=1S/C24H18N2O7/c27-23(22-13-29-18-6-1-2-7-20(18)33-22)26-25-12-15-4-3-5-17(10-15)32-24(28)16-8-9-19-21(11-16)31-14-30-19/h1-12,22H,13-14H2,(H,26,27)/b25-12+. The fourth-order valence-electron chi connectivity index (χ4n) is 3.24. The number of hydrogen-bond donors (Lipinski definition) is 1. The topological polar surface area (TPSA) is 105 Å². The quantitative estimate of drug-likeness (QED) is 0.278. The fourth-order valence-corrected chi connectivity index (χ4v) is 3.24. The number of esters is 1. The van der Waals surface area contributed by atoms with Crippen LogP contribution in [0.25, 0.3) is 0 Å². The van der Waals surface area contributed by atoms with Gasteiger partial charge < -0.3 is 23.7 Å². The maximum atomic E-state index is 12.5. The molecule has 1 atom stereocenters. The van der Waals surface area contributed by atoms with Crippen LogP contribution in [0, 0.1) is 0 Å². The first-order valence-corrected chi connectivity index (χ1v) is 10.1. The molecule has 0 fully saturated rings. The van der Waals surface area contributed by atoms with Crippen molar-refractivity contribution in [2.24, 2.45) is 5.10 Å². The van der Waals surface area contributed by atoms with E-state index in [-0.39, 0.29) is 13.4 Å². The molecule has 1 amide bonds. The van der Waals surface area contributed by atoms with E-state index in [4.69, 9.17) is 23.7 Å². The van der Waals surface area contributed by atoms with Crippen LogP contribution in [0.5, 0.6) is 28.7 Å². The van der Waals surface area contributed by atoms with Gasteiger partial charge >= 0.3 is 5.97 Å². The van der Waals surface area contributed by atoms with Crippen LogP contribution in [-0.4, -0.2) is 37.6 Å². The molecule has 9 nitrogen and oxygen atoms in total. The Morgan fingerprint density at radius 2 is 1.73 bits per heavy atom. The van der Waals surface area contributed by atoms with Crippen molar-refractivity contribution in [3.05, 3.63) is 77.9 Å². The molecule has 0 saturated carbocycles. The van der Waals surface area contributed by atoms with E-state index in [0.29, 0.717) is 39.9 Å². The van der Waals surface area contributed by atoms with Gasteiger partial charge in [-0.2, -0.15) is 5.10 Å². The average Bonchev–Trinajstić information content (AvgIpc) is 3.32. The van der Waals surface area contributed by atoms with Crippen LogP contribution >= 0.6 is 0 Å². The van der Waals surface area contributed by atoms with Gasteiger partial charge in [-0.25, -0.2) is 10.2 Å². The van der Waals surface area contributed by atoms with Crippen molar-refractivity contribution >= 4 is 18.1 Å². The predicted molar refractivity (Wildman–Crippen MR) is 116 cm³/mol. The minimum absolute atomic E-state index is 0.0870. The Morgan fingerprint density at radius 1 is 0.909 bits per heavy atom. The lowest BCUT2D eigenvalue weighted by Crippen LogP contribution is -2.42. The Bertz CT molecular complexity index is 1240. The van der Waals surface area contributed by atoms with E-state index in [2.05, 4.69) is 10.5 Å². The van der Waals surface area contributed by atoms with Crippen LogP contribution < -0.4 is 29.1 Å². The number of fused-ring (bicyclic) bond motifs is 2. The minimum atomic E-state index is -0.814. The van der Waals surface area contributed by atoms with Crippen molar-refractivity contribution < 1.29 is 33.3 Å². The average molecular weight is 446 g/mol. The van der Waals surface area contributed by atoms with Gasteiger partial charge in [0.05, 0.1) is 11.8 Å². The Hall–Kier alpha value is -4.53. The number of ether oxygens (including phenoxy) is 5. The molecular weight excluding hydrogens is 428 g/mol. The predicted octanol–water partition coefficient (Wildman–Crippen LogP) is 2.92. The molecule has 3 aromatic rings. The zero-order valence-corrected chi connectivity index (χ0v) is 17.2. The zero-order valence-electron chi connectivity index (χ0n) is 17.2. The number of nitrogens with zero attached hydrogens (tertiary/aromatic N) is 1. The highest BCUT2D eigenvalue weighted by atomic mass is 16.7. The number of hydrazone groups is 1. The first-order chi connectivity index (χ1) is 16.2. The third-order valence-electron chi connectivity index (χ3n) is 4.87. The molecule has 166 valence electrons. The van der Waals surface area contributed by atoms with Gasteiger partial charge in [0.25, 0.3) is 5.91 Å². The summed E-state index contributed by atoms with van der Waals surface area (Å²) in [6.07, 6.45) is 0.624. The van der Waals surface area contributed by atoms with Gasteiger partial charge in [-0.15, -0.1) is 0 Å². The maximum absolute atomic E-state index is 12.5. The molecule has 0 bridgehead atoms. The van der Waals surface area contributed by atoms with Crippen LogP contribution in [0.2, 0.25) is 0 Å². The minimum Gasteiger partial charge on any atom is -0.485 e. The lowest BCUT2D eigenvalue weighted by atomic mass is 10.2. The molecule has 2 aliphatic rings. The number of carbonyl (C=O) groups excluding carboxylic acids is 2. The fraction of sp³-hybridized carbons (Fsp3) is 0.125. The summed E-state index contributed by atoms with van der Waals surface area (Å²) in [5.74, 6) is 1.53. The molecule has 9 heteroatoms. The van der Waals surface area contributed by atoms with E-state index >= 15 is 0 Å². The van der Waals surface area contributed by atoms with Crippen LogP contribution in [0.3, 0.4) is 0 Å². The number of para-hydroxylation sites is 2. The van der Waals surface area contributed by atoms with E-state index in [1.54, 1.807) is 60.7 Å². The molecule has 0 radical (unpaired) electrons. The van der Waals surface area contributed by atoms with E-state index in [1.165, 1.54) is 6.21 Å². The Labute approximate surface area is 188 Å². The second kappa shape index (κ2) is 8.91. The second-order valence-electron chi connectivity index (χ2n) is 7.13. The first-order valence-electron chi connectivity index (χ1n) is 10.1. The van der Waals surface area contributed by atoms with Crippen molar-refractivity contribution in [2.75, 3.05) is 13.4 Å². The smallest absolute Gasteiger partial charge is 0.343 e. The zero-order chi connectivity index (χ0) is 22.6. The van der Waals surface area contributed by atoms with Crippen LogP contribution in [0.15, 0.2) is 71.8 Å². The molecule has 0 aromatic heterocycles. The molecule has 33 heavy (non-hydrogen) atoms. The number of carbonyl (C=O) groups is 2. The van der Waals surface area contributed by atoms with E-state index in [9.17, 15) is 9.59 Å². The maximum Gasteiger partial charge on any atom is 0.343 e. The van der Waals surface area contributed by atoms with E-state index in [1.807, 2.05) is 6.07 Å². The highest BCUT2D eigenvalue weighted by Gasteiger charge is 2.27. The highest BCUT2D eigenvalue weighted by molar-refractivity contribution is 5.92. The van der Waals surface area contributed by atoms with E-state index < -0.39 is 18.0 Å². The molecular formula is C24H18N2O7. The summed E-state index contributed by atoms with van der Waals surface area (Å²) in [6, 6.07) is 18.7. The molecule has 5 rings (SSSR count). The van der Waals surface area contributed by atoms with Crippen molar-refractivity contribution in [2.45, 2.75) is 6.10 Å². The molecule has 1 unspecified atom stereocenters. The molecule has 0 aliphatic carbocycles. The Balaban J connectivity index is 1.18. The molecule has 3 aromatic carbocycles. The normalized spacial score (nSPS) is 15.8. The number of hydrogen-bond acceptors (Lipinski definition) is 8. The van der Waals surface area contributed by atoms with Crippen molar-refractivity contribution in [1.29, 1.82) is 0 Å². The number of nitrogens with one attached hydrogen (secondary N) is 1. The lowest BCUT2D eigenvalue weighted by Gasteiger charge is -2.24. The second-order valence-corrected chi connectivity index (χ2v) is 7.13. The van der Waals surface area contributed by atoms with Crippen molar-refractivity contribution in [3.8, 4) is 28.7 Å². The molecule has 0 saturated heterocycles. The summed E-state index contributed by atoms with van der Waals surface area (Å²) in [5, 5.41) is 3.96. The number of rotatable bonds is 5. The van der Waals surface area contributed by atoms with E-state index in [0.717, 1.165) is 0 Å². The SMILES string of the molecule is O=C(Oc1cccc(/C=N/NC(=O)C2COc3ccccc3O2)c1)c1ccc2c(c1)OCO2. The Kier molecular flexibility index (Phi) is 5.50. The molecule has 2 aliphatic heterocycles. The first kappa shape index (κ1) is 20.4. The molecule has 1 N–H and O–H groups in total. The summed E-state index contributed by atoms with van der Waals surface area (Å²) >= 11 is 0. The third kappa shape index (κ3) is 4.57. The summed E-state index contributed by atoms with van der Waals surface area (Å²) in [4.78, 5) is 24.8. The highest BCUT2D eigenvalue weighted by Crippen LogP contribution is 2.33. The lowest BCUT2D eigenvalue weighted by molar-refractivity contribution is -0.130. The van der Waals surface area contributed by atoms with Gasteiger partial charge in [0.2, 0.25) is 12.9 Å². The molecule has 0 spiro atoms. The van der Waals surface area contributed by atoms with Gasteiger partial charge in [0.1, 0.15) is 12.4 Å². The van der Waals surface area contributed by atoms with Gasteiger partial charge in [-0.05, 0) is 48.0 Å². The van der Waals surface area contributed by atoms with Crippen molar-refractivity contribution in [1.82, 2.24) is 5.43 Å². The summed E-state index contributed by atoms with van der Waals surface area (Å²) in [6.45, 7) is 0.211. The van der Waals surface area contributed by atoms with Crippen LogP contribution in [0.1, 0.15) is 15.9 Å². The Morgan fingerprint density at radius 3 is 2.64 bits per heavy atom. The van der Waals surface area contributed by atoms with Gasteiger partial charge in [-0.1, -0.05) is 24.3 Å². The van der Waals surface area contributed by atoms with Crippen molar-refractivity contribution in [3.63, 3.8) is 0 Å². The summed E-state index contributed by atoms with van der Waals surface area (Å²) in [5.41, 5.74) is 3.39. The largest absolute Gasteiger partial charge is 0.485 e. The summed E-state index contributed by atoms with van der Waals surface area (Å²) in [7, 11) is 0. The van der Waals surface area contributed by atoms with Gasteiger partial charge in [0, 0.05) is 0 Å². The monoisotopic (exact) mass is 446 g/mol. The van der Waals surface area contributed by atoms with Gasteiger partial charge in [-0.3, -0.25) is 4.79 Å². The van der Waals surface area contributed by atoms with Crippen LogP contribution in [-0.2, 0) is 4.79 Å².